The van der Waals surface area contributed by atoms with E-state index in [2.05, 4.69) is 10.3 Å². The molecule has 0 fully saturated rings. The van der Waals surface area contributed by atoms with Gasteiger partial charge in [-0.2, -0.15) is 0 Å². The molecule has 0 aliphatic carbocycles. The highest BCUT2D eigenvalue weighted by Crippen LogP contribution is 2.27. The molecule has 8 heteroatoms. The molecule has 1 heterocycles. The Hall–Kier alpha value is -1.38. The topological polar surface area (TPSA) is 88.3 Å². The van der Waals surface area contributed by atoms with Crippen molar-refractivity contribution in [3.63, 3.8) is 0 Å². The van der Waals surface area contributed by atoms with E-state index in [1.54, 1.807) is 6.07 Å². The van der Waals surface area contributed by atoms with Crippen LogP contribution in [-0.2, 0) is 10.0 Å². The summed E-state index contributed by atoms with van der Waals surface area (Å²) in [5.41, 5.74) is 7.25. The van der Waals surface area contributed by atoms with Crippen molar-refractivity contribution in [3.8, 4) is 0 Å². The van der Waals surface area contributed by atoms with E-state index in [9.17, 15) is 8.42 Å². The van der Waals surface area contributed by atoms with E-state index in [-0.39, 0.29) is 5.75 Å². The van der Waals surface area contributed by atoms with Gasteiger partial charge in [-0.25, -0.2) is 17.7 Å². The monoisotopic (exact) mass is 300 g/mol. The Kier molecular flexibility index (Phi) is 3.93. The number of hydrogen-bond donors (Lipinski definition) is 2. The lowest BCUT2D eigenvalue weighted by molar-refractivity contribution is 0.521. The summed E-state index contributed by atoms with van der Waals surface area (Å²) in [6, 6.07) is 5.50. The number of nitrogens with two attached hydrogens (primary N) is 1. The second kappa shape index (κ2) is 5.32. The van der Waals surface area contributed by atoms with Gasteiger partial charge in [-0.05, 0) is 18.2 Å². The van der Waals surface area contributed by atoms with Gasteiger partial charge in [0.2, 0.25) is 10.0 Å². The number of rotatable bonds is 5. The van der Waals surface area contributed by atoms with Crippen LogP contribution in [0.15, 0.2) is 18.2 Å². The normalized spacial score (nSPS) is 12.2. The second-order valence-electron chi connectivity index (χ2n) is 4.27. The molecule has 6 nitrogen and oxygen atoms in total. The lowest BCUT2D eigenvalue weighted by Gasteiger charge is -2.10. The number of hydrogen-bond acceptors (Lipinski definition) is 6. The van der Waals surface area contributed by atoms with Crippen LogP contribution in [0.4, 0.5) is 10.8 Å². The molecule has 19 heavy (non-hydrogen) atoms. The molecule has 0 aliphatic heterocycles. The molecule has 1 aromatic heterocycles. The molecule has 0 spiro atoms. The van der Waals surface area contributed by atoms with Crippen LogP contribution in [0.3, 0.4) is 0 Å². The van der Waals surface area contributed by atoms with Gasteiger partial charge < -0.3 is 11.1 Å². The smallest absolute Gasteiger partial charge is 0.215 e. The highest BCUT2D eigenvalue weighted by Gasteiger charge is 2.13. The Morgan fingerprint density at radius 3 is 2.84 bits per heavy atom. The first kappa shape index (κ1) is 14.0. The molecule has 0 unspecified atom stereocenters. The summed E-state index contributed by atoms with van der Waals surface area (Å²) in [7, 11) is -0.130. The minimum Gasteiger partial charge on any atom is -0.399 e. The highest BCUT2D eigenvalue weighted by molar-refractivity contribution is 7.89. The van der Waals surface area contributed by atoms with Crippen molar-refractivity contribution in [2.75, 3.05) is 37.4 Å². The van der Waals surface area contributed by atoms with Gasteiger partial charge in [-0.15, -0.1) is 0 Å². The van der Waals surface area contributed by atoms with Gasteiger partial charge in [-0.3, -0.25) is 0 Å². The Bertz CT molecular complexity index is 679. The van der Waals surface area contributed by atoms with Crippen LogP contribution in [0.5, 0.6) is 0 Å². The fraction of sp³-hybridized carbons (Fsp3) is 0.364. The molecule has 0 amide bonds. The lowest BCUT2D eigenvalue weighted by Crippen LogP contribution is -2.28. The number of fused-ring (bicyclic) bond motifs is 1. The summed E-state index contributed by atoms with van der Waals surface area (Å²) in [5.74, 6) is 0.0397. The zero-order valence-corrected chi connectivity index (χ0v) is 12.4. The summed E-state index contributed by atoms with van der Waals surface area (Å²) in [6.07, 6.45) is 0. The number of aromatic nitrogens is 1. The molecule has 3 N–H and O–H groups in total. The average molecular weight is 300 g/mol. The van der Waals surface area contributed by atoms with E-state index in [4.69, 9.17) is 5.73 Å². The van der Waals surface area contributed by atoms with Crippen LogP contribution in [0, 0.1) is 0 Å². The maximum Gasteiger partial charge on any atom is 0.215 e. The summed E-state index contributed by atoms with van der Waals surface area (Å²) in [4.78, 5) is 4.36. The van der Waals surface area contributed by atoms with Gasteiger partial charge in [0, 0.05) is 26.3 Å². The number of nitrogens with one attached hydrogen (secondary N) is 1. The molecule has 2 aromatic rings. The SMILES string of the molecule is CN(C)S(=O)(=O)CCNc1nc2ccc(N)cc2s1. The minimum atomic E-state index is -3.18. The number of anilines is 2. The quantitative estimate of drug-likeness (QED) is 0.810. The molecule has 0 radical (unpaired) electrons. The fourth-order valence-corrected chi connectivity index (χ4v) is 3.15. The predicted octanol–water partition coefficient (Wildman–Crippen LogP) is 1.18. The molecule has 0 saturated heterocycles. The molecule has 104 valence electrons. The number of sulfonamides is 1. The number of nitrogens with zero attached hydrogens (tertiary/aromatic N) is 2. The van der Waals surface area contributed by atoms with Gasteiger partial charge in [0.05, 0.1) is 16.0 Å². The fourth-order valence-electron chi connectivity index (χ4n) is 1.49. The highest BCUT2D eigenvalue weighted by atomic mass is 32.2. The van der Waals surface area contributed by atoms with Crippen LogP contribution in [0.25, 0.3) is 10.2 Å². The molecule has 2 rings (SSSR count). The summed E-state index contributed by atoms with van der Waals surface area (Å²) >= 11 is 1.46. The van der Waals surface area contributed by atoms with Crippen molar-refractivity contribution < 1.29 is 8.42 Å². The Morgan fingerprint density at radius 1 is 1.42 bits per heavy atom. The van der Waals surface area contributed by atoms with Crippen LogP contribution in [-0.4, -0.2) is 44.1 Å². The molecule has 0 atom stereocenters. The minimum absolute atomic E-state index is 0.0397. The summed E-state index contributed by atoms with van der Waals surface area (Å²) in [6.45, 7) is 0.329. The maximum atomic E-state index is 11.6. The lowest BCUT2D eigenvalue weighted by atomic mass is 10.3. The third-order valence-electron chi connectivity index (χ3n) is 2.61. The maximum absolute atomic E-state index is 11.6. The van der Waals surface area contributed by atoms with Crippen molar-refractivity contribution in [1.82, 2.24) is 9.29 Å². The number of benzene rings is 1. The first-order valence-corrected chi connectivity index (χ1v) is 8.11. The van der Waals surface area contributed by atoms with E-state index in [1.807, 2.05) is 12.1 Å². The van der Waals surface area contributed by atoms with Crippen molar-refractivity contribution in [3.05, 3.63) is 18.2 Å². The first-order valence-electron chi connectivity index (χ1n) is 5.68. The number of nitrogen functional groups attached to an aromatic ring is 1. The van der Waals surface area contributed by atoms with Crippen LogP contribution in [0.2, 0.25) is 0 Å². The number of thiazole rings is 1. The van der Waals surface area contributed by atoms with Gasteiger partial charge in [0.25, 0.3) is 0 Å². The van der Waals surface area contributed by atoms with Crippen molar-refractivity contribution in [2.24, 2.45) is 0 Å². The molecular weight excluding hydrogens is 284 g/mol. The van der Waals surface area contributed by atoms with Gasteiger partial charge in [-0.1, -0.05) is 11.3 Å². The second-order valence-corrected chi connectivity index (χ2v) is 7.60. The average Bonchev–Trinajstić information content (AvgIpc) is 2.70. The van der Waals surface area contributed by atoms with Crippen LogP contribution >= 0.6 is 11.3 Å². The Balaban J connectivity index is 2.03. The van der Waals surface area contributed by atoms with E-state index >= 15 is 0 Å². The van der Waals surface area contributed by atoms with Crippen LogP contribution in [0.1, 0.15) is 0 Å². The molecule has 1 aromatic carbocycles. The van der Waals surface area contributed by atoms with Gasteiger partial charge >= 0.3 is 0 Å². The predicted molar refractivity (Wildman–Crippen MR) is 80.0 cm³/mol. The molecule has 0 saturated carbocycles. The van der Waals surface area contributed by atoms with Gasteiger partial charge in [0.1, 0.15) is 0 Å². The third kappa shape index (κ3) is 3.34. The van der Waals surface area contributed by atoms with Crippen molar-refractivity contribution in [2.45, 2.75) is 0 Å². The van der Waals surface area contributed by atoms with E-state index < -0.39 is 10.0 Å². The zero-order valence-electron chi connectivity index (χ0n) is 10.8. The van der Waals surface area contributed by atoms with E-state index in [0.29, 0.717) is 17.4 Å². The van der Waals surface area contributed by atoms with E-state index in [1.165, 1.54) is 29.7 Å². The Morgan fingerprint density at radius 2 is 2.16 bits per heavy atom. The first-order chi connectivity index (χ1) is 8.88. The van der Waals surface area contributed by atoms with Crippen LogP contribution < -0.4 is 11.1 Å². The molecule has 0 bridgehead atoms. The standard InChI is InChI=1S/C11H16N4O2S2/c1-15(2)19(16,17)6-5-13-11-14-9-4-3-8(12)7-10(9)18-11/h3-4,7H,5-6,12H2,1-2H3,(H,13,14). The third-order valence-corrected chi connectivity index (χ3v) is 5.41. The van der Waals surface area contributed by atoms with Crippen molar-refractivity contribution in [1.29, 1.82) is 0 Å². The largest absolute Gasteiger partial charge is 0.399 e. The summed E-state index contributed by atoms with van der Waals surface area (Å²) in [5, 5.41) is 3.73. The molecular formula is C11H16N4O2S2. The molecule has 0 aliphatic rings. The van der Waals surface area contributed by atoms with Crippen molar-refractivity contribution >= 4 is 42.4 Å². The zero-order chi connectivity index (χ0) is 14.0. The summed E-state index contributed by atoms with van der Waals surface area (Å²) < 4.78 is 25.4. The Labute approximate surface area is 116 Å². The van der Waals surface area contributed by atoms with Gasteiger partial charge in [0.15, 0.2) is 5.13 Å². The van der Waals surface area contributed by atoms with E-state index in [0.717, 1.165) is 10.2 Å².